The molecule has 2 unspecified atom stereocenters. The summed E-state index contributed by atoms with van der Waals surface area (Å²) in [5, 5.41) is 30.0. The Bertz CT molecular complexity index is 752. The van der Waals surface area contributed by atoms with Crippen molar-refractivity contribution in [3.8, 4) is 0 Å². The van der Waals surface area contributed by atoms with Crippen LogP contribution in [0.5, 0.6) is 0 Å². The van der Waals surface area contributed by atoms with Crippen molar-refractivity contribution in [2.45, 2.75) is 96.4 Å². The van der Waals surface area contributed by atoms with Crippen LogP contribution >= 0.6 is 0 Å². The number of hydrogen-bond donors (Lipinski definition) is 3. The molecule has 166 valence electrons. The molecule has 2 atom stereocenters. The zero-order valence-electron chi connectivity index (χ0n) is 19.0. The van der Waals surface area contributed by atoms with Crippen LogP contribution in [0.25, 0.3) is 5.57 Å². The molecule has 3 nitrogen and oxygen atoms in total. The van der Waals surface area contributed by atoms with Gasteiger partial charge in [0.05, 0.1) is 17.8 Å². The molecular formula is C27H40O3. The third kappa shape index (κ3) is 8.22. The van der Waals surface area contributed by atoms with Crippen molar-refractivity contribution >= 4 is 5.57 Å². The second-order valence-corrected chi connectivity index (χ2v) is 9.34. The van der Waals surface area contributed by atoms with Crippen molar-refractivity contribution < 1.29 is 15.3 Å². The highest BCUT2D eigenvalue weighted by molar-refractivity contribution is 5.68. The Hall–Kier alpha value is -1.68. The number of aliphatic hydroxyl groups is 3. The average molecular weight is 413 g/mol. The molecule has 1 aromatic carbocycles. The van der Waals surface area contributed by atoms with E-state index in [1.165, 1.54) is 16.7 Å². The zero-order chi connectivity index (χ0) is 22.1. The first-order valence-corrected chi connectivity index (χ1v) is 11.5. The van der Waals surface area contributed by atoms with E-state index in [9.17, 15) is 15.3 Å². The lowest BCUT2D eigenvalue weighted by Gasteiger charge is -2.26. The number of aliphatic hydroxyl groups excluding tert-OH is 2. The summed E-state index contributed by atoms with van der Waals surface area (Å²) in [7, 11) is 0. The van der Waals surface area contributed by atoms with Gasteiger partial charge in [-0.1, -0.05) is 62.8 Å². The lowest BCUT2D eigenvalue weighted by atomic mass is 9.85. The Morgan fingerprint density at radius 3 is 2.67 bits per heavy atom. The third-order valence-electron chi connectivity index (χ3n) is 5.85. The van der Waals surface area contributed by atoms with Gasteiger partial charge in [-0.15, -0.1) is 0 Å². The van der Waals surface area contributed by atoms with Crippen LogP contribution in [-0.4, -0.2) is 33.1 Å². The molecule has 0 spiro atoms. The molecule has 0 radical (unpaired) electrons. The highest BCUT2D eigenvalue weighted by atomic mass is 16.3. The average Bonchev–Trinajstić information content (AvgIpc) is 2.68. The van der Waals surface area contributed by atoms with Crippen molar-refractivity contribution in [3.63, 3.8) is 0 Å². The molecule has 1 aliphatic rings. The van der Waals surface area contributed by atoms with E-state index in [1.54, 1.807) is 0 Å². The molecule has 0 amide bonds. The molecule has 0 heterocycles. The second kappa shape index (κ2) is 11.6. The van der Waals surface area contributed by atoms with Gasteiger partial charge in [-0.05, 0) is 80.2 Å². The van der Waals surface area contributed by atoms with Gasteiger partial charge in [0.1, 0.15) is 0 Å². The molecule has 0 bridgehead atoms. The minimum Gasteiger partial charge on any atom is -0.393 e. The highest BCUT2D eigenvalue weighted by Gasteiger charge is 2.24. The molecule has 1 aliphatic carbocycles. The molecule has 1 fully saturated rings. The molecule has 30 heavy (non-hydrogen) atoms. The number of benzene rings is 1. The Morgan fingerprint density at radius 1 is 1.20 bits per heavy atom. The summed E-state index contributed by atoms with van der Waals surface area (Å²) in [5.74, 6) is 0. The topological polar surface area (TPSA) is 60.7 Å². The Morgan fingerprint density at radius 2 is 1.97 bits per heavy atom. The van der Waals surface area contributed by atoms with Gasteiger partial charge in [-0.2, -0.15) is 0 Å². The van der Waals surface area contributed by atoms with E-state index in [-0.39, 0.29) is 0 Å². The minimum absolute atomic E-state index is 0.373. The van der Waals surface area contributed by atoms with E-state index < -0.39 is 17.8 Å². The van der Waals surface area contributed by atoms with Gasteiger partial charge in [-0.25, -0.2) is 0 Å². The van der Waals surface area contributed by atoms with E-state index in [1.807, 2.05) is 19.9 Å². The van der Waals surface area contributed by atoms with Crippen LogP contribution in [0.1, 0.15) is 83.3 Å². The maximum Gasteiger partial charge on any atom is 0.0811 e. The predicted molar refractivity (Wildman–Crippen MR) is 126 cm³/mol. The number of rotatable bonds is 10. The Balaban J connectivity index is 2.15. The fourth-order valence-corrected chi connectivity index (χ4v) is 3.96. The molecular weight excluding hydrogens is 372 g/mol. The summed E-state index contributed by atoms with van der Waals surface area (Å²) in [6.07, 6.45) is 11.1. The van der Waals surface area contributed by atoms with Crippen molar-refractivity contribution in [1.82, 2.24) is 0 Å². The van der Waals surface area contributed by atoms with Crippen LogP contribution in [0, 0.1) is 0 Å². The second-order valence-electron chi connectivity index (χ2n) is 9.34. The number of unbranched alkanes of at least 4 members (excludes halogenated alkanes) is 2. The minimum atomic E-state index is -0.653. The van der Waals surface area contributed by atoms with Crippen molar-refractivity contribution in [2.75, 3.05) is 0 Å². The van der Waals surface area contributed by atoms with Gasteiger partial charge in [0.15, 0.2) is 0 Å². The van der Waals surface area contributed by atoms with Crippen molar-refractivity contribution in [1.29, 1.82) is 0 Å². The molecule has 1 saturated carbocycles. The summed E-state index contributed by atoms with van der Waals surface area (Å²) in [5.41, 5.74) is 4.93. The van der Waals surface area contributed by atoms with Gasteiger partial charge in [0, 0.05) is 6.42 Å². The summed E-state index contributed by atoms with van der Waals surface area (Å²) in [6.45, 7) is 9.95. The maximum absolute atomic E-state index is 10.1. The quantitative estimate of drug-likeness (QED) is 0.429. The summed E-state index contributed by atoms with van der Waals surface area (Å²) in [4.78, 5) is 0. The Kier molecular flexibility index (Phi) is 9.54. The molecule has 2 rings (SSSR count). The summed E-state index contributed by atoms with van der Waals surface area (Å²) < 4.78 is 0. The summed E-state index contributed by atoms with van der Waals surface area (Å²) in [6, 6.07) is 8.75. The monoisotopic (exact) mass is 412 g/mol. The number of aryl methyl sites for hydroxylation is 1. The maximum atomic E-state index is 10.1. The first-order valence-electron chi connectivity index (χ1n) is 11.5. The van der Waals surface area contributed by atoms with Crippen molar-refractivity contribution in [2.24, 2.45) is 0 Å². The smallest absolute Gasteiger partial charge is 0.0811 e. The molecule has 0 aliphatic heterocycles. The van der Waals surface area contributed by atoms with E-state index in [0.717, 1.165) is 56.1 Å². The molecule has 1 aromatic rings. The largest absolute Gasteiger partial charge is 0.393 e. The fraction of sp³-hybridized carbons (Fsp3) is 0.556. The van der Waals surface area contributed by atoms with E-state index >= 15 is 0 Å². The van der Waals surface area contributed by atoms with Crippen LogP contribution in [0.4, 0.5) is 0 Å². The lowest BCUT2D eigenvalue weighted by Crippen LogP contribution is -2.26. The molecule has 3 N–H and O–H groups in total. The van der Waals surface area contributed by atoms with Crippen LogP contribution < -0.4 is 0 Å². The van der Waals surface area contributed by atoms with Crippen LogP contribution in [0.15, 0.2) is 54.1 Å². The highest BCUT2D eigenvalue weighted by Crippen LogP contribution is 2.30. The normalized spacial score (nSPS) is 22.0. The molecule has 0 aromatic heterocycles. The lowest BCUT2D eigenvalue weighted by molar-refractivity contribution is 0.0682. The first kappa shape index (κ1) is 24.6. The number of hydrogen-bond acceptors (Lipinski definition) is 3. The van der Waals surface area contributed by atoms with Crippen LogP contribution in [-0.2, 0) is 6.42 Å². The first-order chi connectivity index (χ1) is 14.2. The van der Waals surface area contributed by atoms with E-state index in [0.29, 0.717) is 12.8 Å². The van der Waals surface area contributed by atoms with Crippen LogP contribution in [0.3, 0.4) is 0 Å². The zero-order valence-corrected chi connectivity index (χ0v) is 19.0. The van der Waals surface area contributed by atoms with Gasteiger partial charge in [0.25, 0.3) is 0 Å². The molecule has 0 saturated heterocycles. The fourth-order valence-electron chi connectivity index (χ4n) is 3.96. The molecule has 3 heteroatoms. The van der Waals surface area contributed by atoms with Gasteiger partial charge >= 0.3 is 0 Å². The standard InChI is InChI=1S/C27H40O3/c1-5-6-12-22(14-15-23-18-25(28)19-26(29)20(23)2)24-13-9-11-21(17-24)10-7-8-16-27(3,4)30/h9,11,13-15,17,25-26,28-30H,2,5-8,10,12,16,18-19H2,1,3-4H3. The van der Waals surface area contributed by atoms with Gasteiger partial charge in [0.2, 0.25) is 0 Å². The van der Waals surface area contributed by atoms with Gasteiger partial charge < -0.3 is 15.3 Å². The SMILES string of the molecule is C=C1C(=CC=C(CCCC)c2cccc(CCCCC(C)(C)O)c2)CC(O)CC1O. The van der Waals surface area contributed by atoms with E-state index in [2.05, 4.69) is 43.8 Å². The third-order valence-corrected chi connectivity index (χ3v) is 5.85. The van der Waals surface area contributed by atoms with Crippen molar-refractivity contribution in [3.05, 3.63) is 65.3 Å². The number of allylic oxidation sites excluding steroid dienone is 3. The summed E-state index contributed by atoms with van der Waals surface area (Å²) >= 11 is 0. The van der Waals surface area contributed by atoms with Gasteiger partial charge in [-0.3, -0.25) is 0 Å². The van der Waals surface area contributed by atoms with Crippen LogP contribution in [0.2, 0.25) is 0 Å². The van der Waals surface area contributed by atoms with E-state index in [4.69, 9.17) is 0 Å². The Labute approximate surface area is 182 Å². The predicted octanol–water partition coefficient (Wildman–Crippen LogP) is 5.74.